The summed E-state index contributed by atoms with van der Waals surface area (Å²) in [5.74, 6) is 1.46. The Morgan fingerprint density at radius 3 is 2.10 bits per heavy atom. The Balaban J connectivity index is 1.64. The fourth-order valence-corrected chi connectivity index (χ4v) is 3.88. The second-order valence-corrected chi connectivity index (χ2v) is 7.56. The average molecular weight is 294 g/mol. The number of carbonyl (C=O) groups is 2. The minimum atomic E-state index is -0.526. The van der Waals surface area contributed by atoms with Crippen LogP contribution in [0.1, 0.15) is 52.9 Å². The van der Waals surface area contributed by atoms with Crippen molar-refractivity contribution in [2.24, 2.45) is 17.8 Å². The van der Waals surface area contributed by atoms with Crippen LogP contribution in [0.5, 0.6) is 0 Å². The molecule has 5 nitrogen and oxygen atoms in total. The highest BCUT2D eigenvalue weighted by molar-refractivity contribution is 5.84. The summed E-state index contributed by atoms with van der Waals surface area (Å²) in [6, 6.07) is 0. The van der Waals surface area contributed by atoms with E-state index in [4.69, 9.17) is 4.74 Å². The van der Waals surface area contributed by atoms with Crippen LogP contribution < -0.4 is 0 Å². The summed E-state index contributed by atoms with van der Waals surface area (Å²) in [5, 5.41) is 3.16. The minimum Gasteiger partial charge on any atom is -0.442 e. The van der Waals surface area contributed by atoms with E-state index in [1.165, 1.54) is 30.7 Å². The molecule has 0 spiro atoms. The van der Waals surface area contributed by atoms with Crippen molar-refractivity contribution in [3.05, 3.63) is 0 Å². The predicted molar refractivity (Wildman–Crippen MR) is 78.2 cm³/mol. The first-order chi connectivity index (χ1) is 9.88. The van der Waals surface area contributed by atoms with Crippen molar-refractivity contribution in [2.45, 2.75) is 58.5 Å². The van der Waals surface area contributed by atoms with Gasteiger partial charge in [-0.1, -0.05) is 12.8 Å². The maximum Gasteiger partial charge on any atom is 0.429 e. The quantitative estimate of drug-likeness (QED) is 0.747. The monoisotopic (exact) mass is 294 g/mol. The van der Waals surface area contributed by atoms with Gasteiger partial charge in [0.05, 0.1) is 0 Å². The van der Waals surface area contributed by atoms with Crippen molar-refractivity contribution < 1.29 is 14.3 Å². The van der Waals surface area contributed by atoms with Gasteiger partial charge in [-0.05, 0) is 51.9 Å². The molecule has 2 unspecified atom stereocenters. The molecular formula is C16H26N2O3. The molecule has 0 aromatic carbocycles. The molecule has 1 heterocycles. The van der Waals surface area contributed by atoms with Gasteiger partial charge < -0.3 is 4.74 Å². The molecule has 1 saturated heterocycles. The van der Waals surface area contributed by atoms with E-state index in [-0.39, 0.29) is 11.8 Å². The van der Waals surface area contributed by atoms with Crippen LogP contribution in [0.3, 0.4) is 0 Å². The first-order valence-electron chi connectivity index (χ1n) is 8.20. The van der Waals surface area contributed by atoms with E-state index in [0.29, 0.717) is 24.9 Å². The van der Waals surface area contributed by atoms with E-state index in [1.807, 2.05) is 20.8 Å². The summed E-state index contributed by atoms with van der Waals surface area (Å²) >= 11 is 0. The maximum absolute atomic E-state index is 12.7. The molecule has 2 atom stereocenters. The van der Waals surface area contributed by atoms with Gasteiger partial charge in [0.15, 0.2) is 0 Å². The van der Waals surface area contributed by atoms with Gasteiger partial charge >= 0.3 is 6.09 Å². The number of hydrogen-bond acceptors (Lipinski definition) is 3. The normalized spacial score (nSPS) is 31.9. The lowest BCUT2D eigenvalue weighted by Crippen LogP contribution is -2.47. The van der Waals surface area contributed by atoms with E-state index in [1.54, 1.807) is 5.01 Å². The number of carbonyl (C=O) groups excluding carboxylic acids is 2. The van der Waals surface area contributed by atoms with E-state index in [2.05, 4.69) is 0 Å². The molecule has 5 heteroatoms. The van der Waals surface area contributed by atoms with Gasteiger partial charge in [0, 0.05) is 19.0 Å². The van der Waals surface area contributed by atoms with Crippen LogP contribution in [0.4, 0.5) is 4.79 Å². The molecule has 2 aliphatic carbocycles. The van der Waals surface area contributed by atoms with Crippen LogP contribution in [0.2, 0.25) is 0 Å². The Morgan fingerprint density at radius 1 is 0.952 bits per heavy atom. The molecule has 3 rings (SSSR count). The fourth-order valence-electron chi connectivity index (χ4n) is 3.88. The second-order valence-electron chi connectivity index (χ2n) is 7.56. The number of nitrogens with zero attached hydrogens (tertiary/aromatic N) is 2. The number of hydrogen-bond donors (Lipinski definition) is 0. The van der Waals surface area contributed by atoms with Crippen LogP contribution >= 0.6 is 0 Å². The average Bonchev–Trinajstić information content (AvgIpc) is 2.90. The number of amides is 2. The van der Waals surface area contributed by atoms with Gasteiger partial charge in [0.2, 0.25) is 5.91 Å². The molecule has 118 valence electrons. The third-order valence-electron chi connectivity index (χ3n) is 4.83. The topological polar surface area (TPSA) is 49.9 Å². The molecule has 0 radical (unpaired) electrons. The Hall–Kier alpha value is -1.26. The van der Waals surface area contributed by atoms with Gasteiger partial charge in [0.25, 0.3) is 0 Å². The zero-order valence-corrected chi connectivity index (χ0v) is 13.3. The smallest absolute Gasteiger partial charge is 0.429 e. The van der Waals surface area contributed by atoms with Crippen molar-refractivity contribution in [3.8, 4) is 0 Å². The Labute approximate surface area is 126 Å². The van der Waals surface area contributed by atoms with Gasteiger partial charge in [-0.3, -0.25) is 4.79 Å². The molecule has 0 aromatic rings. The summed E-state index contributed by atoms with van der Waals surface area (Å²) < 4.78 is 5.41. The van der Waals surface area contributed by atoms with Crippen molar-refractivity contribution in [1.29, 1.82) is 0 Å². The second kappa shape index (κ2) is 5.18. The van der Waals surface area contributed by atoms with Crippen molar-refractivity contribution in [3.63, 3.8) is 0 Å². The minimum absolute atomic E-state index is 0.148. The maximum atomic E-state index is 12.7. The molecular weight excluding hydrogens is 268 g/mol. The molecule has 0 aromatic heterocycles. The molecule has 0 bridgehead atoms. The van der Waals surface area contributed by atoms with Crippen LogP contribution in [0.25, 0.3) is 0 Å². The van der Waals surface area contributed by atoms with Crippen molar-refractivity contribution in [1.82, 2.24) is 10.0 Å². The van der Waals surface area contributed by atoms with Crippen LogP contribution in [0, 0.1) is 17.8 Å². The third kappa shape index (κ3) is 2.87. The Morgan fingerprint density at radius 2 is 1.52 bits per heavy atom. The summed E-state index contributed by atoms with van der Waals surface area (Å²) in [7, 11) is 0. The number of ether oxygens (including phenoxy) is 1. The first kappa shape index (κ1) is 14.7. The van der Waals surface area contributed by atoms with Gasteiger partial charge in [-0.2, -0.15) is 0 Å². The van der Waals surface area contributed by atoms with Crippen LogP contribution in [-0.4, -0.2) is 40.7 Å². The van der Waals surface area contributed by atoms with Crippen molar-refractivity contribution in [2.75, 3.05) is 13.1 Å². The van der Waals surface area contributed by atoms with E-state index in [9.17, 15) is 9.59 Å². The lowest BCUT2D eigenvalue weighted by atomic mass is 10.0. The van der Waals surface area contributed by atoms with E-state index < -0.39 is 11.7 Å². The molecule has 2 saturated carbocycles. The molecule has 1 aliphatic heterocycles. The standard InChI is InChI=1S/C16H26N2O3/c1-16(2,3)21-15(20)18-10-6-9-17(18)14(19)13-11-7-4-5-8-12(11)13/h11-13H,4-10H2,1-3H3. The van der Waals surface area contributed by atoms with Crippen LogP contribution in [-0.2, 0) is 9.53 Å². The zero-order valence-electron chi connectivity index (χ0n) is 13.3. The first-order valence-corrected chi connectivity index (χ1v) is 8.20. The molecule has 21 heavy (non-hydrogen) atoms. The fraction of sp³-hybridized carbons (Fsp3) is 0.875. The highest BCUT2D eigenvalue weighted by Gasteiger charge is 2.57. The third-order valence-corrected chi connectivity index (χ3v) is 4.83. The summed E-state index contributed by atoms with van der Waals surface area (Å²) in [6.07, 6.45) is 5.31. The Kier molecular flexibility index (Phi) is 3.62. The highest BCUT2D eigenvalue weighted by atomic mass is 16.6. The molecule has 0 N–H and O–H groups in total. The van der Waals surface area contributed by atoms with Gasteiger partial charge in [0.1, 0.15) is 5.60 Å². The molecule has 3 fully saturated rings. The number of rotatable bonds is 1. The summed E-state index contributed by atoms with van der Waals surface area (Å²) in [5.41, 5.74) is -0.526. The highest BCUT2D eigenvalue weighted by Crippen LogP contribution is 2.56. The largest absolute Gasteiger partial charge is 0.442 e. The molecule has 3 aliphatic rings. The van der Waals surface area contributed by atoms with Crippen molar-refractivity contribution >= 4 is 12.0 Å². The molecule has 2 amide bonds. The summed E-state index contributed by atoms with van der Waals surface area (Å²) in [6.45, 7) is 6.78. The van der Waals surface area contributed by atoms with E-state index >= 15 is 0 Å². The van der Waals surface area contributed by atoms with Gasteiger partial charge in [-0.15, -0.1) is 0 Å². The lowest BCUT2D eigenvalue weighted by Gasteiger charge is -2.30. The summed E-state index contributed by atoms with van der Waals surface area (Å²) in [4.78, 5) is 25.0. The van der Waals surface area contributed by atoms with E-state index in [0.717, 1.165) is 6.42 Å². The SMILES string of the molecule is CC(C)(C)OC(=O)N1CCCN1C(=O)C1C2CCCCC21. The predicted octanol–water partition coefficient (Wildman–Crippen LogP) is 2.81. The Bertz CT molecular complexity index is 431. The lowest BCUT2D eigenvalue weighted by molar-refractivity contribution is -0.145. The van der Waals surface area contributed by atoms with Crippen LogP contribution in [0.15, 0.2) is 0 Å². The van der Waals surface area contributed by atoms with Gasteiger partial charge in [-0.25, -0.2) is 14.8 Å². The number of fused-ring (bicyclic) bond motifs is 1. The zero-order chi connectivity index (χ0) is 15.2. The number of hydrazine groups is 1.